The van der Waals surface area contributed by atoms with Gasteiger partial charge in [0.1, 0.15) is 5.82 Å². The summed E-state index contributed by atoms with van der Waals surface area (Å²) >= 11 is 1.03. The van der Waals surface area contributed by atoms with Crippen LogP contribution in [-0.2, 0) is 16.4 Å². The molecule has 2 rings (SSSR count). The molecule has 1 heterocycles. The molecule has 2 aromatic rings. The largest absolute Gasteiger partial charge is 0.417 e. The van der Waals surface area contributed by atoms with E-state index in [1.165, 1.54) is 12.1 Å². The number of nitrogens with zero attached hydrogens (tertiary/aromatic N) is 1. The van der Waals surface area contributed by atoms with Crippen molar-refractivity contribution in [2.75, 3.05) is 12.3 Å². The number of benzene rings is 1. The Morgan fingerprint density at radius 2 is 1.85 bits per heavy atom. The first-order valence-corrected chi connectivity index (χ1v) is 8.76. The van der Waals surface area contributed by atoms with Gasteiger partial charge in [-0.1, -0.05) is 43.8 Å². The molecule has 140 valence electrons. The SMILES string of the molecule is CC(C)(CNC(=O)CSc1ccc(C(F)(F)F)cn1)c1ccccc1F. The summed E-state index contributed by atoms with van der Waals surface area (Å²) in [6, 6.07) is 8.52. The predicted molar refractivity (Wildman–Crippen MR) is 92.4 cm³/mol. The number of alkyl halides is 3. The lowest BCUT2D eigenvalue weighted by molar-refractivity contribution is -0.137. The van der Waals surface area contributed by atoms with Crippen LogP contribution in [0.4, 0.5) is 17.6 Å². The maximum absolute atomic E-state index is 13.9. The molecule has 1 N–H and O–H groups in total. The maximum atomic E-state index is 13.9. The summed E-state index contributed by atoms with van der Waals surface area (Å²) in [6.07, 6.45) is -3.70. The molecule has 0 unspecified atom stereocenters. The van der Waals surface area contributed by atoms with Crippen LogP contribution in [0.1, 0.15) is 25.0 Å². The Hall–Kier alpha value is -2.09. The molecule has 0 aliphatic heterocycles. The summed E-state index contributed by atoms with van der Waals surface area (Å²) in [4.78, 5) is 15.7. The molecule has 1 aromatic carbocycles. The van der Waals surface area contributed by atoms with Gasteiger partial charge in [0.05, 0.1) is 16.3 Å². The molecule has 0 saturated carbocycles. The van der Waals surface area contributed by atoms with Crippen molar-refractivity contribution in [2.45, 2.75) is 30.5 Å². The van der Waals surface area contributed by atoms with E-state index in [2.05, 4.69) is 10.3 Å². The normalized spacial score (nSPS) is 12.1. The van der Waals surface area contributed by atoms with Crippen molar-refractivity contribution >= 4 is 17.7 Å². The van der Waals surface area contributed by atoms with Gasteiger partial charge in [-0.05, 0) is 23.8 Å². The minimum atomic E-state index is -4.44. The van der Waals surface area contributed by atoms with Gasteiger partial charge in [0.25, 0.3) is 0 Å². The van der Waals surface area contributed by atoms with E-state index in [1.807, 2.05) is 13.8 Å². The molecule has 0 aliphatic rings. The van der Waals surface area contributed by atoms with Crippen molar-refractivity contribution in [3.63, 3.8) is 0 Å². The molecule has 0 bridgehead atoms. The van der Waals surface area contributed by atoms with Gasteiger partial charge in [-0.25, -0.2) is 9.37 Å². The van der Waals surface area contributed by atoms with E-state index in [-0.39, 0.29) is 24.0 Å². The number of aromatic nitrogens is 1. The highest BCUT2D eigenvalue weighted by atomic mass is 32.2. The maximum Gasteiger partial charge on any atom is 0.417 e. The first kappa shape index (κ1) is 20.2. The van der Waals surface area contributed by atoms with Gasteiger partial charge >= 0.3 is 6.18 Å². The van der Waals surface area contributed by atoms with Crippen LogP contribution >= 0.6 is 11.8 Å². The molecular weight excluding hydrogens is 368 g/mol. The zero-order chi connectivity index (χ0) is 19.4. The summed E-state index contributed by atoms with van der Waals surface area (Å²) in [5.41, 5.74) is -0.937. The Balaban J connectivity index is 1.86. The number of nitrogens with one attached hydrogen (secondary N) is 1. The molecule has 0 radical (unpaired) electrons. The van der Waals surface area contributed by atoms with E-state index in [4.69, 9.17) is 0 Å². The number of carbonyl (C=O) groups is 1. The van der Waals surface area contributed by atoms with Crippen LogP contribution in [0.3, 0.4) is 0 Å². The first-order valence-electron chi connectivity index (χ1n) is 7.77. The second kappa shape index (κ2) is 8.07. The van der Waals surface area contributed by atoms with E-state index in [1.54, 1.807) is 18.2 Å². The van der Waals surface area contributed by atoms with Crippen LogP contribution in [0.25, 0.3) is 0 Å². The topological polar surface area (TPSA) is 42.0 Å². The van der Waals surface area contributed by atoms with Crippen molar-refractivity contribution in [3.8, 4) is 0 Å². The van der Waals surface area contributed by atoms with Crippen LogP contribution in [0.5, 0.6) is 0 Å². The molecule has 0 aliphatic carbocycles. The third-order valence-electron chi connectivity index (χ3n) is 3.75. The van der Waals surface area contributed by atoms with Crippen LogP contribution in [0.15, 0.2) is 47.6 Å². The van der Waals surface area contributed by atoms with Gasteiger partial charge in [-0.2, -0.15) is 13.2 Å². The number of pyridine rings is 1. The van der Waals surface area contributed by atoms with Crippen LogP contribution in [0.2, 0.25) is 0 Å². The van der Waals surface area contributed by atoms with Crippen LogP contribution < -0.4 is 5.32 Å². The molecular formula is C18H18F4N2OS. The Kier molecular flexibility index (Phi) is 6.28. The van der Waals surface area contributed by atoms with E-state index in [0.29, 0.717) is 10.6 Å². The Bertz CT molecular complexity index is 761. The van der Waals surface area contributed by atoms with Crippen LogP contribution in [-0.4, -0.2) is 23.2 Å². The lowest BCUT2D eigenvalue weighted by atomic mass is 9.84. The quantitative estimate of drug-likeness (QED) is 0.590. The second-order valence-electron chi connectivity index (χ2n) is 6.31. The van der Waals surface area contributed by atoms with E-state index < -0.39 is 17.2 Å². The Morgan fingerprint density at radius 1 is 1.15 bits per heavy atom. The molecule has 1 aromatic heterocycles. The van der Waals surface area contributed by atoms with Gasteiger partial charge in [-0.15, -0.1) is 0 Å². The predicted octanol–water partition coefficient (Wildman–Crippen LogP) is 4.43. The van der Waals surface area contributed by atoms with Crippen molar-refractivity contribution in [3.05, 3.63) is 59.5 Å². The molecule has 26 heavy (non-hydrogen) atoms. The van der Waals surface area contributed by atoms with E-state index in [0.717, 1.165) is 24.0 Å². The highest BCUT2D eigenvalue weighted by Crippen LogP contribution is 2.29. The smallest absolute Gasteiger partial charge is 0.354 e. The molecule has 8 heteroatoms. The average Bonchev–Trinajstić information content (AvgIpc) is 2.58. The fraction of sp³-hybridized carbons (Fsp3) is 0.333. The number of carbonyl (C=O) groups excluding carboxylic acids is 1. The number of halogens is 4. The van der Waals surface area contributed by atoms with Gasteiger partial charge in [0, 0.05) is 18.2 Å². The Labute approximate surface area is 153 Å². The summed E-state index contributed by atoms with van der Waals surface area (Å²) in [7, 11) is 0. The molecule has 0 fully saturated rings. The molecule has 0 atom stereocenters. The zero-order valence-corrected chi connectivity index (χ0v) is 15.0. The second-order valence-corrected chi connectivity index (χ2v) is 7.31. The Morgan fingerprint density at radius 3 is 2.42 bits per heavy atom. The fourth-order valence-electron chi connectivity index (χ4n) is 2.25. The highest BCUT2D eigenvalue weighted by molar-refractivity contribution is 7.99. The molecule has 1 amide bonds. The minimum Gasteiger partial charge on any atom is -0.354 e. The van der Waals surface area contributed by atoms with Crippen LogP contribution in [0, 0.1) is 5.82 Å². The third-order valence-corrected chi connectivity index (χ3v) is 4.69. The summed E-state index contributed by atoms with van der Waals surface area (Å²) < 4.78 is 51.3. The van der Waals surface area contributed by atoms with Crippen molar-refractivity contribution in [1.82, 2.24) is 10.3 Å². The van der Waals surface area contributed by atoms with Crippen molar-refractivity contribution < 1.29 is 22.4 Å². The summed E-state index contributed by atoms with van der Waals surface area (Å²) in [5, 5.41) is 3.04. The van der Waals surface area contributed by atoms with Gasteiger partial charge in [0.15, 0.2) is 0 Å². The van der Waals surface area contributed by atoms with Gasteiger partial charge < -0.3 is 5.32 Å². The monoisotopic (exact) mass is 386 g/mol. The molecule has 3 nitrogen and oxygen atoms in total. The lowest BCUT2D eigenvalue weighted by Gasteiger charge is -2.26. The van der Waals surface area contributed by atoms with Crippen molar-refractivity contribution in [2.24, 2.45) is 0 Å². The number of rotatable bonds is 6. The van der Waals surface area contributed by atoms with Gasteiger partial charge in [-0.3, -0.25) is 4.79 Å². The van der Waals surface area contributed by atoms with Gasteiger partial charge in [0.2, 0.25) is 5.91 Å². The standard InChI is InChI=1S/C18H18F4N2OS/c1-17(2,13-5-3-4-6-14(13)19)11-24-15(25)10-26-16-8-7-12(9-23-16)18(20,21)22/h3-9H,10-11H2,1-2H3,(H,24,25). The number of thioether (sulfide) groups is 1. The molecule has 0 spiro atoms. The average molecular weight is 386 g/mol. The summed E-state index contributed by atoms with van der Waals surface area (Å²) in [5.74, 6) is -0.637. The lowest BCUT2D eigenvalue weighted by Crippen LogP contribution is -2.38. The number of hydrogen-bond donors (Lipinski definition) is 1. The third kappa shape index (κ3) is 5.45. The first-order chi connectivity index (χ1) is 12.1. The fourth-order valence-corrected chi connectivity index (χ4v) is 2.92. The number of amides is 1. The zero-order valence-electron chi connectivity index (χ0n) is 14.2. The minimum absolute atomic E-state index is 0.00567. The highest BCUT2D eigenvalue weighted by Gasteiger charge is 2.30. The van der Waals surface area contributed by atoms with E-state index >= 15 is 0 Å². The van der Waals surface area contributed by atoms with Crippen molar-refractivity contribution in [1.29, 1.82) is 0 Å². The summed E-state index contributed by atoms with van der Waals surface area (Å²) in [6.45, 7) is 3.86. The number of hydrogen-bond acceptors (Lipinski definition) is 3. The molecule has 0 saturated heterocycles. The van der Waals surface area contributed by atoms with E-state index in [9.17, 15) is 22.4 Å².